The number of carbonyl (C=O) groups is 2. The number of methoxy groups -OCH3 is 1. The fourth-order valence-corrected chi connectivity index (χ4v) is 4.13. The second-order valence-corrected chi connectivity index (χ2v) is 16.6. The van der Waals surface area contributed by atoms with Gasteiger partial charge in [-0.05, 0) is 51.4 Å². The maximum atomic E-state index is 12.6. The number of hydrogen-bond donors (Lipinski definition) is 3. The van der Waals surface area contributed by atoms with E-state index in [4.69, 9.17) is 20.2 Å². The standard InChI is InChI=1S/C26H41N5O5Si/c1-9-10-21(30-25(33)36-26(2,3)4)23-29-22(16-31(23)17-35-13-14-37(6,7)8)19-12-11-18(15-20(19)27)28-24(32)34-5/h9,11-12,15-16,21H,1,10,13-14,17,27H2,2-8H3,(H,28,32)(H,30,33)/t21-/m0/s1. The highest BCUT2D eigenvalue weighted by atomic mass is 28.3. The highest BCUT2D eigenvalue weighted by Gasteiger charge is 2.25. The molecule has 0 saturated carbocycles. The lowest BCUT2D eigenvalue weighted by atomic mass is 10.1. The Morgan fingerprint density at radius 1 is 1.24 bits per heavy atom. The van der Waals surface area contributed by atoms with Crippen LogP contribution in [0.15, 0.2) is 37.1 Å². The molecule has 4 N–H and O–H groups in total. The number of alkyl carbamates (subject to hydrolysis) is 1. The Labute approximate surface area is 220 Å². The van der Waals surface area contributed by atoms with E-state index in [0.29, 0.717) is 41.5 Å². The summed E-state index contributed by atoms with van der Waals surface area (Å²) in [5, 5.41) is 5.50. The van der Waals surface area contributed by atoms with Crippen molar-refractivity contribution in [2.24, 2.45) is 0 Å². The molecule has 0 saturated heterocycles. The molecule has 37 heavy (non-hydrogen) atoms. The van der Waals surface area contributed by atoms with Crippen LogP contribution >= 0.6 is 0 Å². The summed E-state index contributed by atoms with van der Waals surface area (Å²) in [6.07, 6.45) is 2.86. The maximum Gasteiger partial charge on any atom is 0.411 e. The Balaban J connectivity index is 2.40. The Hall–Kier alpha value is -3.31. The van der Waals surface area contributed by atoms with E-state index in [2.05, 4.69) is 41.6 Å². The summed E-state index contributed by atoms with van der Waals surface area (Å²) in [6, 6.07) is 5.65. The van der Waals surface area contributed by atoms with Crippen molar-refractivity contribution in [3.8, 4) is 11.3 Å². The van der Waals surface area contributed by atoms with Crippen molar-refractivity contribution < 1.29 is 23.8 Å². The Morgan fingerprint density at radius 3 is 2.51 bits per heavy atom. The molecule has 0 aliphatic carbocycles. The minimum absolute atomic E-state index is 0.262. The molecule has 0 unspecified atom stereocenters. The van der Waals surface area contributed by atoms with Crippen molar-refractivity contribution in [3.05, 3.63) is 42.9 Å². The SMILES string of the molecule is C=CC[C@H](NC(=O)OC(C)(C)C)c1nc(-c2ccc(NC(=O)OC)cc2N)cn1COCC[Si](C)(C)C. The van der Waals surface area contributed by atoms with E-state index >= 15 is 0 Å². The molecule has 10 nitrogen and oxygen atoms in total. The highest BCUT2D eigenvalue weighted by molar-refractivity contribution is 6.76. The third-order valence-corrected chi connectivity index (χ3v) is 6.90. The van der Waals surface area contributed by atoms with E-state index in [-0.39, 0.29) is 6.73 Å². The minimum atomic E-state index is -1.26. The molecule has 1 atom stereocenters. The molecule has 2 amide bonds. The molecule has 11 heteroatoms. The first-order valence-electron chi connectivity index (χ1n) is 12.2. The maximum absolute atomic E-state index is 12.6. The van der Waals surface area contributed by atoms with Gasteiger partial charge in [0.05, 0.1) is 18.8 Å². The number of imidazole rings is 1. The third-order valence-electron chi connectivity index (χ3n) is 5.20. The van der Waals surface area contributed by atoms with Crippen LogP contribution in [0.5, 0.6) is 0 Å². The van der Waals surface area contributed by atoms with Crippen LogP contribution in [0.25, 0.3) is 11.3 Å². The first kappa shape index (κ1) is 29.9. The van der Waals surface area contributed by atoms with Crippen molar-refractivity contribution >= 4 is 31.6 Å². The van der Waals surface area contributed by atoms with Gasteiger partial charge in [-0.15, -0.1) is 6.58 Å². The van der Waals surface area contributed by atoms with Gasteiger partial charge in [0.15, 0.2) is 0 Å². The lowest BCUT2D eigenvalue weighted by molar-refractivity contribution is 0.0492. The van der Waals surface area contributed by atoms with Crippen molar-refractivity contribution in [2.45, 2.75) is 71.3 Å². The van der Waals surface area contributed by atoms with E-state index in [1.54, 1.807) is 24.3 Å². The first-order chi connectivity index (χ1) is 17.2. The predicted octanol–water partition coefficient (Wildman–Crippen LogP) is 5.76. The zero-order valence-corrected chi connectivity index (χ0v) is 24.0. The van der Waals surface area contributed by atoms with Crippen LogP contribution < -0.4 is 16.4 Å². The number of carbonyl (C=O) groups excluding carboxylic acids is 2. The molecule has 0 spiro atoms. The molecule has 2 aromatic rings. The molecule has 1 aromatic heterocycles. The van der Waals surface area contributed by atoms with Crippen molar-refractivity contribution in [3.63, 3.8) is 0 Å². The van der Waals surface area contributed by atoms with E-state index in [1.165, 1.54) is 7.11 Å². The normalized spacial score (nSPS) is 12.5. The van der Waals surface area contributed by atoms with Crippen LogP contribution in [0, 0.1) is 0 Å². The molecule has 0 fully saturated rings. The number of anilines is 2. The molecule has 1 aromatic carbocycles. The molecule has 2 rings (SSSR count). The van der Waals surface area contributed by atoms with Gasteiger partial charge in [0, 0.05) is 37.8 Å². The van der Waals surface area contributed by atoms with E-state index in [1.807, 2.05) is 31.5 Å². The number of amides is 2. The second-order valence-electron chi connectivity index (χ2n) is 10.9. The fourth-order valence-electron chi connectivity index (χ4n) is 3.37. The summed E-state index contributed by atoms with van der Waals surface area (Å²) in [5.41, 5.74) is 7.87. The van der Waals surface area contributed by atoms with Crippen molar-refractivity contribution in [1.29, 1.82) is 0 Å². The Bertz CT molecular complexity index is 1090. The van der Waals surface area contributed by atoms with Crippen molar-refractivity contribution in [1.82, 2.24) is 14.9 Å². The summed E-state index contributed by atoms with van der Waals surface area (Å²) in [6.45, 7) is 17.0. The quantitative estimate of drug-likeness (QED) is 0.145. The van der Waals surface area contributed by atoms with Gasteiger partial charge in [-0.2, -0.15) is 0 Å². The molecular formula is C26H41N5O5Si. The summed E-state index contributed by atoms with van der Waals surface area (Å²) >= 11 is 0. The molecule has 0 radical (unpaired) electrons. The summed E-state index contributed by atoms with van der Waals surface area (Å²) in [5.74, 6) is 0.588. The van der Waals surface area contributed by atoms with E-state index < -0.39 is 31.9 Å². The zero-order valence-electron chi connectivity index (χ0n) is 23.0. The average molecular weight is 532 g/mol. The monoisotopic (exact) mass is 531 g/mol. The third kappa shape index (κ3) is 9.93. The molecule has 0 aliphatic heterocycles. The molecule has 0 aliphatic rings. The van der Waals surface area contributed by atoms with Crippen LogP contribution in [-0.2, 0) is 20.9 Å². The number of nitrogens with zero attached hydrogens (tertiary/aromatic N) is 2. The number of nitrogen functional groups attached to an aromatic ring is 1. The zero-order chi connectivity index (χ0) is 27.8. The largest absolute Gasteiger partial charge is 0.453 e. The van der Waals surface area contributed by atoms with Gasteiger partial charge in [0.2, 0.25) is 0 Å². The lowest BCUT2D eigenvalue weighted by Crippen LogP contribution is -2.36. The molecule has 204 valence electrons. The fraction of sp³-hybridized carbons (Fsp3) is 0.500. The number of nitrogens with one attached hydrogen (secondary N) is 2. The molecule has 1 heterocycles. The van der Waals surface area contributed by atoms with Gasteiger partial charge in [-0.3, -0.25) is 5.32 Å². The number of nitrogens with two attached hydrogens (primary N) is 1. The van der Waals surface area contributed by atoms with Gasteiger partial charge in [0.1, 0.15) is 18.2 Å². The number of rotatable bonds is 11. The minimum Gasteiger partial charge on any atom is -0.453 e. The van der Waals surface area contributed by atoms with Crippen molar-refractivity contribution in [2.75, 3.05) is 24.8 Å². The topological polar surface area (TPSA) is 130 Å². The molecular weight excluding hydrogens is 490 g/mol. The second kappa shape index (κ2) is 12.8. The van der Waals surface area contributed by atoms with Crippen LogP contribution in [0.1, 0.15) is 39.1 Å². The highest BCUT2D eigenvalue weighted by Crippen LogP contribution is 2.30. The predicted molar refractivity (Wildman–Crippen MR) is 149 cm³/mol. The van der Waals surface area contributed by atoms with Gasteiger partial charge in [-0.1, -0.05) is 25.7 Å². The van der Waals surface area contributed by atoms with Gasteiger partial charge in [0.25, 0.3) is 0 Å². The average Bonchev–Trinajstić information content (AvgIpc) is 3.18. The lowest BCUT2D eigenvalue weighted by Gasteiger charge is -2.23. The van der Waals surface area contributed by atoms with E-state index in [0.717, 1.165) is 6.04 Å². The van der Waals surface area contributed by atoms with Crippen LogP contribution in [-0.4, -0.2) is 49.1 Å². The Kier molecular flexibility index (Phi) is 10.3. The van der Waals surface area contributed by atoms with Crippen LogP contribution in [0.4, 0.5) is 21.0 Å². The number of aromatic nitrogens is 2. The van der Waals surface area contributed by atoms with Gasteiger partial charge in [-0.25, -0.2) is 14.6 Å². The summed E-state index contributed by atoms with van der Waals surface area (Å²) in [4.78, 5) is 28.9. The Morgan fingerprint density at radius 2 is 1.95 bits per heavy atom. The van der Waals surface area contributed by atoms with Gasteiger partial charge >= 0.3 is 12.2 Å². The number of benzene rings is 1. The smallest absolute Gasteiger partial charge is 0.411 e. The molecule has 0 bridgehead atoms. The van der Waals surface area contributed by atoms with E-state index in [9.17, 15) is 9.59 Å². The van der Waals surface area contributed by atoms with Crippen LogP contribution in [0.3, 0.4) is 0 Å². The van der Waals surface area contributed by atoms with Crippen LogP contribution in [0.2, 0.25) is 25.7 Å². The number of hydrogen-bond acceptors (Lipinski definition) is 7. The first-order valence-corrected chi connectivity index (χ1v) is 15.9. The summed E-state index contributed by atoms with van der Waals surface area (Å²) in [7, 11) is 0.0344. The van der Waals surface area contributed by atoms with Gasteiger partial charge < -0.3 is 29.8 Å². The summed E-state index contributed by atoms with van der Waals surface area (Å²) < 4.78 is 18.0. The number of ether oxygens (including phenoxy) is 3.